The van der Waals surface area contributed by atoms with Gasteiger partial charge >= 0.3 is 0 Å². The van der Waals surface area contributed by atoms with E-state index < -0.39 is 0 Å². The lowest BCUT2D eigenvalue weighted by Gasteiger charge is -2.22. The topological polar surface area (TPSA) is 21.3 Å². The van der Waals surface area contributed by atoms with Gasteiger partial charge in [0.1, 0.15) is 5.75 Å². The number of fused-ring (bicyclic) bond motifs is 1. The lowest BCUT2D eigenvalue weighted by atomic mass is 10.0. The number of hydrogen-bond acceptors (Lipinski definition) is 3. The van der Waals surface area contributed by atoms with Gasteiger partial charge in [0.2, 0.25) is 0 Å². The molecule has 0 amide bonds. The highest BCUT2D eigenvalue weighted by atomic mass is 32.2. The third-order valence-corrected chi connectivity index (χ3v) is 4.65. The van der Waals surface area contributed by atoms with Gasteiger partial charge in [-0.1, -0.05) is 25.1 Å². The molecule has 0 aliphatic heterocycles. The molecule has 2 nitrogen and oxygen atoms in total. The molecule has 0 bridgehead atoms. The molecule has 0 aromatic heterocycles. The predicted octanol–water partition coefficient (Wildman–Crippen LogP) is 4.64. The molecule has 0 saturated carbocycles. The van der Waals surface area contributed by atoms with E-state index in [0.29, 0.717) is 12.1 Å². The molecular formula is C18H25NOS. The Morgan fingerprint density at radius 3 is 2.52 bits per heavy atom. The molecule has 2 rings (SSSR count). The molecule has 2 atom stereocenters. The molecule has 0 radical (unpaired) electrons. The Kier molecular flexibility index (Phi) is 5.95. The van der Waals surface area contributed by atoms with Crippen LogP contribution in [-0.4, -0.2) is 25.2 Å². The van der Waals surface area contributed by atoms with Crippen LogP contribution < -0.4 is 10.1 Å². The Hall–Kier alpha value is -1.19. The Morgan fingerprint density at radius 1 is 1.14 bits per heavy atom. The Morgan fingerprint density at radius 2 is 1.86 bits per heavy atom. The van der Waals surface area contributed by atoms with Gasteiger partial charge in [-0.2, -0.15) is 11.8 Å². The van der Waals surface area contributed by atoms with Crippen LogP contribution in [0.2, 0.25) is 0 Å². The summed E-state index contributed by atoms with van der Waals surface area (Å²) < 4.78 is 5.28. The minimum absolute atomic E-state index is 0.369. The molecule has 2 unspecified atom stereocenters. The van der Waals surface area contributed by atoms with Gasteiger partial charge in [0.15, 0.2) is 0 Å². The smallest absolute Gasteiger partial charge is 0.119 e. The minimum atomic E-state index is 0.369. The van der Waals surface area contributed by atoms with Gasteiger partial charge in [-0.05, 0) is 54.1 Å². The Labute approximate surface area is 132 Å². The number of rotatable bonds is 7. The highest BCUT2D eigenvalue weighted by Crippen LogP contribution is 2.24. The van der Waals surface area contributed by atoms with Gasteiger partial charge in [-0.3, -0.25) is 0 Å². The van der Waals surface area contributed by atoms with Crippen molar-refractivity contribution in [3.05, 3.63) is 42.0 Å². The first-order chi connectivity index (χ1) is 10.2. The molecule has 0 heterocycles. The van der Waals surface area contributed by atoms with E-state index in [0.717, 1.165) is 17.9 Å². The molecule has 3 heteroatoms. The lowest BCUT2D eigenvalue weighted by Crippen LogP contribution is -2.32. The maximum absolute atomic E-state index is 5.28. The van der Waals surface area contributed by atoms with Crippen LogP contribution in [0, 0.1) is 0 Å². The summed E-state index contributed by atoms with van der Waals surface area (Å²) in [4.78, 5) is 0. The Balaban J connectivity index is 2.17. The summed E-state index contributed by atoms with van der Waals surface area (Å²) >= 11 is 1.90. The fourth-order valence-electron chi connectivity index (χ4n) is 2.57. The van der Waals surface area contributed by atoms with Crippen molar-refractivity contribution >= 4 is 22.5 Å². The molecule has 1 N–H and O–H groups in total. The fraction of sp³-hybridized carbons (Fsp3) is 0.444. The predicted molar refractivity (Wildman–Crippen MR) is 94.5 cm³/mol. The monoisotopic (exact) mass is 303 g/mol. The van der Waals surface area contributed by atoms with Crippen LogP contribution in [0.5, 0.6) is 5.75 Å². The molecule has 0 spiro atoms. The van der Waals surface area contributed by atoms with Crippen LogP contribution in [0.25, 0.3) is 10.8 Å². The van der Waals surface area contributed by atoms with Gasteiger partial charge in [-0.15, -0.1) is 0 Å². The maximum atomic E-state index is 5.28. The fourth-order valence-corrected chi connectivity index (χ4v) is 3.31. The van der Waals surface area contributed by atoms with Gasteiger partial charge in [0.05, 0.1) is 7.11 Å². The van der Waals surface area contributed by atoms with Gasteiger partial charge in [0, 0.05) is 17.8 Å². The molecule has 2 aromatic rings. The van der Waals surface area contributed by atoms with Crippen molar-refractivity contribution in [3.63, 3.8) is 0 Å². The first-order valence-corrected chi connectivity index (χ1v) is 8.90. The molecule has 0 fully saturated rings. The van der Waals surface area contributed by atoms with E-state index in [1.165, 1.54) is 16.3 Å². The minimum Gasteiger partial charge on any atom is -0.497 e. The highest BCUT2D eigenvalue weighted by Gasteiger charge is 2.11. The first kappa shape index (κ1) is 16.2. The van der Waals surface area contributed by atoms with E-state index in [9.17, 15) is 0 Å². The zero-order valence-electron chi connectivity index (χ0n) is 13.3. The van der Waals surface area contributed by atoms with Crippen LogP contribution in [0.4, 0.5) is 0 Å². The van der Waals surface area contributed by atoms with Crippen LogP contribution in [0.1, 0.15) is 31.9 Å². The first-order valence-electron chi connectivity index (χ1n) is 7.50. The van der Waals surface area contributed by atoms with E-state index in [4.69, 9.17) is 4.74 Å². The Bertz CT molecular complexity index is 584. The molecule has 0 saturated heterocycles. The maximum Gasteiger partial charge on any atom is 0.119 e. The molecule has 2 aromatic carbocycles. The second-order valence-electron chi connectivity index (χ2n) is 5.42. The molecular weight excluding hydrogens is 278 g/mol. The number of nitrogens with one attached hydrogen (secondary N) is 1. The average molecular weight is 303 g/mol. The van der Waals surface area contributed by atoms with Crippen LogP contribution in [0.3, 0.4) is 0 Å². The summed E-state index contributed by atoms with van der Waals surface area (Å²) in [6.45, 7) is 4.49. The number of hydrogen-bond donors (Lipinski definition) is 1. The van der Waals surface area contributed by atoms with Crippen molar-refractivity contribution in [2.24, 2.45) is 0 Å². The zero-order valence-corrected chi connectivity index (χ0v) is 14.2. The summed E-state index contributed by atoms with van der Waals surface area (Å²) in [5.74, 6) is 2.07. The van der Waals surface area contributed by atoms with Crippen molar-refractivity contribution in [1.82, 2.24) is 5.32 Å². The summed E-state index contributed by atoms with van der Waals surface area (Å²) in [6.07, 6.45) is 3.33. The van der Waals surface area contributed by atoms with Crippen LogP contribution in [0.15, 0.2) is 36.4 Å². The standard InChI is InChI=1S/C18H25NOS/c1-5-17(12-21-4)19-13(2)14-6-7-16-11-18(20-3)9-8-15(16)10-14/h6-11,13,17,19H,5,12H2,1-4H3. The summed E-state index contributed by atoms with van der Waals surface area (Å²) in [6, 6.07) is 13.8. The summed E-state index contributed by atoms with van der Waals surface area (Å²) in [5.41, 5.74) is 1.34. The van der Waals surface area contributed by atoms with Gasteiger partial charge in [-0.25, -0.2) is 0 Å². The van der Waals surface area contributed by atoms with Crippen molar-refractivity contribution in [3.8, 4) is 5.75 Å². The van der Waals surface area contributed by atoms with Crippen LogP contribution >= 0.6 is 11.8 Å². The number of methoxy groups -OCH3 is 1. The number of benzene rings is 2. The second-order valence-corrected chi connectivity index (χ2v) is 6.33. The SMILES string of the molecule is CCC(CSC)NC(C)c1ccc2cc(OC)ccc2c1. The molecule has 21 heavy (non-hydrogen) atoms. The third kappa shape index (κ3) is 4.14. The second kappa shape index (κ2) is 7.71. The van der Waals surface area contributed by atoms with E-state index >= 15 is 0 Å². The van der Waals surface area contributed by atoms with E-state index in [1.54, 1.807) is 7.11 Å². The van der Waals surface area contributed by atoms with Crippen molar-refractivity contribution in [2.45, 2.75) is 32.4 Å². The third-order valence-electron chi connectivity index (χ3n) is 3.92. The van der Waals surface area contributed by atoms with Gasteiger partial charge in [0.25, 0.3) is 0 Å². The lowest BCUT2D eigenvalue weighted by molar-refractivity contribution is 0.415. The molecule has 0 aliphatic carbocycles. The van der Waals surface area contributed by atoms with E-state index in [-0.39, 0.29) is 0 Å². The van der Waals surface area contributed by atoms with Gasteiger partial charge < -0.3 is 10.1 Å². The molecule has 0 aliphatic rings. The van der Waals surface area contributed by atoms with Crippen molar-refractivity contribution in [1.29, 1.82) is 0 Å². The summed E-state index contributed by atoms with van der Waals surface area (Å²) in [7, 11) is 1.71. The van der Waals surface area contributed by atoms with Crippen molar-refractivity contribution in [2.75, 3.05) is 19.1 Å². The van der Waals surface area contributed by atoms with Crippen LogP contribution in [-0.2, 0) is 0 Å². The normalized spacial score (nSPS) is 14.1. The molecule has 114 valence electrons. The number of ether oxygens (including phenoxy) is 1. The van der Waals surface area contributed by atoms with E-state index in [1.807, 2.05) is 17.8 Å². The van der Waals surface area contributed by atoms with E-state index in [2.05, 4.69) is 55.8 Å². The zero-order chi connectivity index (χ0) is 15.2. The quantitative estimate of drug-likeness (QED) is 0.805. The number of thioether (sulfide) groups is 1. The highest BCUT2D eigenvalue weighted by molar-refractivity contribution is 7.98. The summed E-state index contributed by atoms with van der Waals surface area (Å²) in [5, 5.41) is 6.21. The average Bonchev–Trinajstić information content (AvgIpc) is 2.53. The largest absolute Gasteiger partial charge is 0.497 e. The van der Waals surface area contributed by atoms with Crippen molar-refractivity contribution < 1.29 is 4.74 Å².